The number of hydrogen-bond donors (Lipinski definition) is 1. The average molecular weight is 148 g/mol. The molecule has 0 amide bonds. The van der Waals surface area contributed by atoms with Crippen LogP contribution < -0.4 is 5.69 Å². The van der Waals surface area contributed by atoms with Gasteiger partial charge in [-0.15, -0.1) is 5.10 Å². The molecular weight excluding hydrogens is 142 g/mol. The largest absolute Gasteiger partial charge is 0.344 e. The second kappa shape index (κ2) is 2.23. The van der Waals surface area contributed by atoms with Crippen LogP contribution in [0.5, 0.6) is 0 Å². The Balaban J connectivity index is 3.23. The highest BCUT2D eigenvalue weighted by Gasteiger charge is 1.99. The van der Waals surface area contributed by atoms with Crippen LogP contribution in [-0.2, 0) is 6.54 Å². The molecule has 4 nitrogen and oxygen atoms in total. The Bertz CT molecular complexity index is 251. The average Bonchev–Trinajstić information content (AvgIpc) is 2.12. The van der Waals surface area contributed by atoms with Crippen LogP contribution in [0.25, 0.3) is 0 Å². The van der Waals surface area contributed by atoms with Crippen molar-refractivity contribution in [2.24, 2.45) is 0 Å². The van der Waals surface area contributed by atoms with Gasteiger partial charge >= 0.3 is 5.69 Å². The molecule has 0 saturated carbocycles. The Hall–Kier alpha value is -0.770. The zero-order valence-corrected chi connectivity index (χ0v) is 5.64. The van der Waals surface area contributed by atoms with Gasteiger partial charge in [0, 0.05) is 6.54 Å². The molecule has 0 aromatic carbocycles. The summed E-state index contributed by atoms with van der Waals surface area (Å²) in [7, 11) is 0. The van der Waals surface area contributed by atoms with Crippen LogP contribution in [0.15, 0.2) is 4.79 Å². The third kappa shape index (κ3) is 0.977. The van der Waals surface area contributed by atoms with E-state index >= 15 is 0 Å². The minimum absolute atomic E-state index is 0.211. The van der Waals surface area contributed by atoms with Gasteiger partial charge in [-0.2, -0.15) is 0 Å². The fourth-order valence-corrected chi connectivity index (χ4v) is 0.811. The van der Waals surface area contributed by atoms with E-state index in [1.165, 1.54) is 4.57 Å². The zero-order valence-electron chi connectivity index (χ0n) is 4.89. The molecule has 0 saturated heterocycles. The first kappa shape index (κ1) is 6.35. The van der Waals surface area contributed by atoms with Crippen molar-refractivity contribution in [3.8, 4) is 0 Å². The minimum atomic E-state index is -0.262. The maximum absolute atomic E-state index is 10.6. The second-order valence-corrected chi connectivity index (χ2v) is 1.88. The van der Waals surface area contributed by atoms with Gasteiger partial charge in [-0.1, -0.05) is 0 Å². The molecule has 0 aliphatic carbocycles. The lowest BCUT2D eigenvalue weighted by Gasteiger charge is -1.90. The van der Waals surface area contributed by atoms with Crippen molar-refractivity contribution in [1.29, 1.82) is 0 Å². The van der Waals surface area contributed by atoms with Gasteiger partial charge in [0.2, 0.25) is 5.28 Å². The minimum Gasteiger partial charge on any atom is -0.266 e. The third-order valence-corrected chi connectivity index (χ3v) is 1.32. The lowest BCUT2D eigenvalue weighted by molar-refractivity contribution is 0.730. The van der Waals surface area contributed by atoms with Gasteiger partial charge in [0.1, 0.15) is 0 Å². The fraction of sp³-hybridized carbons (Fsp3) is 0.500. The predicted octanol–water partition coefficient (Wildman–Crippen LogP) is 0.245. The molecule has 1 aromatic rings. The Morgan fingerprint density at radius 2 is 2.56 bits per heavy atom. The second-order valence-electron chi connectivity index (χ2n) is 1.54. The van der Waals surface area contributed by atoms with E-state index in [2.05, 4.69) is 10.2 Å². The quantitative estimate of drug-likeness (QED) is 0.619. The van der Waals surface area contributed by atoms with Crippen LogP contribution in [0.1, 0.15) is 6.92 Å². The third-order valence-electron chi connectivity index (χ3n) is 1.03. The summed E-state index contributed by atoms with van der Waals surface area (Å²) in [6.45, 7) is 2.37. The van der Waals surface area contributed by atoms with Crippen LogP contribution in [0, 0.1) is 0 Å². The summed E-state index contributed by atoms with van der Waals surface area (Å²) in [5.41, 5.74) is -0.262. The number of H-pyrrole nitrogens is 1. The number of rotatable bonds is 1. The molecule has 1 heterocycles. The Morgan fingerprint density at radius 1 is 1.89 bits per heavy atom. The van der Waals surface area contributed by atoms with Crippen molar-refractivity contribution < 1.29 is 0 Å². The molecule has 1 rings (SSSR count). The van der Waals surface area contributed by atoms with Crippen molar-refractivity contribution in [3.63, 3.8) is 0 Å². The summed E-state index contributed by atoms with van der Waals surface area (Å²) in [6, 6.07) is 0. The van der Waals surface area contributed by atoms with E-state index < -0.39 is 0 Å². The molecule has 0 atom stereocenters. The topological polar surface area (TPSA) is 50.7 Å². The Morgan fingerprint density at radius 3 is 2.78 bits per heavy atom. The number of aromatic nitrogens is 3. The summed E-state index contributed by atoms with van der Waals surface area (Å²) < 4.78 is 1.33. The van der Waals surface area contributed by atoms with Crippen molar-refractivity contribution in [2.75, 3.05) is 0 Å². The van der Waals surface area contributed by atoms with Crippen molar-refractivity contribution in [1.82, 2.24) is 14.8 Å². The van der Waals surface area contributed by atoms with Crippen LogP contribution >= 0.6 is 11.6 Å². The van der Waals surface area contributed by atoms with Crippen LogP contribution in [0.4, 0.5) is 0 Å². The highest BCUT2D eigenvalue weighted by molar-refractivity contribution is 6.28. The van der Waals surface area contributed by atoms with Crippen LogP contribution in [0.3, 0.4) is 0 Å². The molecule has 0 spiro atoms. The highest BCUT2D eigenvalue weighted by atomic mass is 35.5. The van der Waals surface area contributed by atoms with Gasteiger partial charge in [0.05, 0.1) is 0 Å². The lowest BCUT2D eigenvalue weighted by Crippen LogP contribution is -2.15. The van der Waals surface area contributed by atoms with Crippen molar-refractivity contribution >= 4 is 11.6 Å². The van der Waals surface area contributed by atoms with Crippen LogP contribution in [0.2, 0.25) is 5.28 Å². The van der Waals surface area contributed by atoms with E-state index in [1.54, 1.807) is 0 Å². The number of aromatic amines is 1. The van der Waals surface area contributed by atoms with E-state index in [4.69, 9.17) is 11.6 Å². The maximum atomic E-state index is 10.6. The molecule has 0 radical (unpaired) electrons. The summed E-state index contributed by atoms with van der Waals surface area (Å²) in [4.78, 5) is 10.6. The van der Waals surface area contributed by atoms with Crippen molar-refractivity contribution in [2.45, 2.75) is 13.5 Å². The molecule has 1 aromatic heterocycles. The molecule has 0 unspecified atom stereocenters. The summed E-state index contributed by atoms with van der Waals surface area (Å²) in [5.74, 6) is 0. The molecule has 9 heavy (non-hydrogen) atoms. The molecule has 1 N–H and O–H groups in total. The summed E-state index contributed by atoms with van der Waals surface area (Å²) in [6.07, 6.45) is 0. The van der Waals surface area contributed by atoms with Crippen molar-refractivity contribution in [3.05, 3.63) is 15.8 Å². The van der Waals surface area contributed by atoms with E-state index in [0.717, 1.165) is 0 Å². The van der Waals surface area contributed by atoms with Gasteiger partial charge in [0.25, 0.3) is 0 Å². The van der Waals surface area contributed by atoms with E-state index in [-0.39, 0.29) is 11.0 Å². The molecule has 50 valence electrons. The van der Waals surface area contributed by atoms with E-state index in [9.17, 15) is 4.79 Å². The first-order valence-electron chi connectivity index (χ1n) is 2.56. The molecule has 0 fully saturated rings. The van der Waals surface area contributed by atoms with Gasteiger partial charge in [-0.05, 0) is 18.5 Å². The number of nitrogens with zero attached hydrogens (tertiary/aromatic N) is 2. The predicted molar refractivity (Wildman–Crippen MR) is 33.5 cm³/mol. The van der Waals surface area contributed by atoms with E-state index in [1.807, 2.05) is 6.92 Å². The SMILES string of the molecule is CCn1c(Cl)n[nH]c1=O. The molecule has 0 aliphatic heterocycles. The summed E-state index contributed by atoms with van der Waals surface area (Å²) >= 11 is 5.47. The Labute approximate surface area is 56.5 Å². The maximum Gasteiger partial charge on any atom is 0.344 e. The number of halogens is 1. The number of hydrogen-bond acceptors (Lipinski definition) is 2. The van der Waals surface area contributed by atoms with E-state index in [0.29, 0.717) is 6.54 Å². The smallest absolute Gasteiger partial charge is 0.266 e. The van der Waals surface area contributed by atoms with Gasteiger partial charge in [-0.3, -0.25) is 4.57 Å². The number of nitrogens with one attached hydrogen (secondary N) is 1. The summed E-state index contributed by atoms with van der Waals surface area (Å²) in [5, 5.41) is 5.90. The monoisotopic (exact) mass is 147 g/mol. The Kier molecular flexibility index (Phi) is 1.57. The van der Waals surface area contributed by atoms with Gasteiger partial charge in [-0.25, -0.2) is 9.89 Å². The highest BCUT2D eigenvalue weighted by Crippen LogP contribution is 1.96. The fourth-order valence-electron chi connectivity index (χ4n) is 0.573. The first-order valence-corrected chi connectivity index (χ1v) is 2.94. The molecule has 5 heteroatoms. The zero-order chi connectivity index (χ0) is 6.85. The molecule has 0 aliphatic rings. The standard InChI is InChI=1S/C4H6ClN3O/c1-2-8-3(5)6-7-4(8)9/h2H2,1H3,(H,7,9). The van der Waals surface area contributed by atoms with Gasteiger partial charge < -0.3 is 0 Å². The first-order chi connectivity index (χ1) is 4.25. The van der Waals surface area contributed by atoms with Crippen LogP contribution in [-0.4, -0.2) is 14.8 Å². The normalized spacial score (nSPS) is 10.0. The van der Waals surface area contributed by atoms with Gasteiger partial charge in [0.15, 0.2) is 0 Å². The lowest BCUT2D eigenvalue weighted by atomic mass is 10.7. The molecule has 0 bridgehead atoms. The molecular formula is C4H6ClN3O.